The number of amides is 2. The van der Waals surface area contributed by atoms with Crippen LogP contribution in [0.15, 0.2) is 48.5 Å². The molecule has 0 fully saturated rings. The molecule has 178 valence electrons. The predicted molar refractivity (Wildman–Crippen MR) is 125 cm³/mol. The van der Waals surface area contributed by atoms with Crippen LogP contribution >= 0.6 is 0 Å². The molecular weight excluding hydrogens is 460 g/mol. The molecule has 0 bridgehead atoms. The topological polar surface area (TPSA) is 129 Å². The maximum Gasteiger partial charge on any atom is 0.314 e. The van der Waals surface area contributed by atoms with Gasteiger partial charge in [0.25, 0.3) is 0 Å². The standard InChI is InChI=1S/C23H24N4O6S/c1-32-17-7-3-15(4-8-17)11-12-24-22(28)23(29)25-21-19-13-34(30,31)14-20(19)26-27(21)16-5-9-18(33-2)10-6-16/h3-10H,11-14H2,1-2H3,(H,24,28)(H,25,29). The minimum absolute atomic E-state index is 0.163. The summed E-state index contributed by atoms with van der Waals surface area (Å²) in [6, 6.07) is 14.3. The number of nitrogens with zero attached hydrogens (tertiary/aromatic N) is 2. The Bertz CT molecular complexity index is 1310. The Hall–Kier alpha value is -3.86. The molecule has 1 aliphatic rings. The molecule has 0 unspecified atom stereocenters. The summed E-state index contributed by atoms with van der Waals surface area (Å²) in [6.07, 6.45) is 0.528. The zero-order valence-electron chi connectivity index (χ0n) is 18.7. The highest BCUT2D eigenvalue weighted by atomic mass is 32.2. The van der Waals surface area contributed by atoms with Crippen LogP contribution in [0.4, 0.5) is 5.82 Å². The van der Waals surface area contributed by atoms with Gasteiger partial charge in [-0.3, -0.25) is 9.59 Å². The number of hydrogen-bond donors (Lipinski definition) is 2. The van der Waals surface area contributed by atoms with Crippen molar-refractivity contribution in [2.75, 3.05) is 26.1 Å². The molecule has 0 atom stereocenters. The number of fused-ring (bicyclic) bond motifs is 1. The molecule has 2 aromatic carbocycles. The van der Waals surface area contributed by atoms with Crippen LogP contribution in [0.1, 0.15) is 16.8 Å². The molecule has 1 aliphatic heterocycles. The van der Waals surface area contributed by atoms with E-state index in [1.54, 1.807) is 38.5 Å². The fourth-order valence-electron chi connectivity index (χ4n) is 3.64. The van der Waals surface area contributed by atoms with E-state index in [1.165, 1.54) is 4.68 Å². The van der Waals surface area contributed by atoms with Gasteiger partial charge in [0.1, 0.15) is 17.3 Å². The maximum absolute atomic E-state index is 12.6. The first-order valence-corrected chi connectivity index (χ1v) is 12.3. The maximum atomic E-state index is 12.6. The lowest BCUT2D eigenvalue weighted by atomic mass is 10.1. The average Bonchev–Trinajstić information content (AvgIpc) is 3.31. The summed E-state index contributed by atoms with van der Waals surface area (Å²) in [5, 5.41) is 9.52. The molecule has 2 N–H and O–H groups in total. The summed E-state index contributed by atoms with van der Waals surface area (Å²) >= 11 is 0. The van der Waals surface area contributed by atoms with E-state index in [-0.39, 0.29) is 23.9 Å². The van der Waals surface area contributed by atoms with Crippen molar-refractivity contribution in [3.05, 3.63) is 65.4 Å². The van der Waals surface area contributed by atoms with E-state index in [0.29, 0.717) is 29.1 Å². The van der Waals surface area contributed by atoms with Crippen molar-refractivity contribution in [1.29, 1.82) is 0 Å². The highest BCUT2D eigenvalue weighted by Gasteiger charge is 2.33. The second-order valence-corrected chi connectivity index (χ2v) is 9.79. The van der Waals surface area contributed by atoms with Crippen LogP contribution in [-0.2, 0) is 37.4 Å². The SMILES string of the molecule is COc1ccc(CCNC(=O)C(=O)Nc2c3c(nn2-c2ccc(OC)cc2)CS(=O)(=O)C3)cc1. The number of rotatable bonds is 7. The highest BCUT2D eigenvalue weighted by Crippen LogP contribution is 2.33. The van der Waals surface area contributed by atoms with Gasteiger partial charge in [-0.1, -0.05) is 12.1 Å². The third kappa shape index (κ3) is 5.04. The fraction of sp³-hybridized carbons (Fsp3) is 0.261. The van der Waals surface area contributed by atoms with Crippen LogP contribution < -0.4 is 20.1 Å². The third-order valence-electron chi connectivity index (χ3n) is 5.40. The number of carbonyl (C=O) groups excluding carboxylic acids is 2. The van der Waals surface area contributed by atoms with E-state index in [9.17, 15) is 18.0 Å². The predicted octanol–water partition coefficient (Wildman–Crippen LogP) is 1.62. The average molecular weight is 485 g/mol. The Balaban J connectivity index is 1.47. The lowest BCUT2D eigenvalue weighted by Gasteiger charge is -2.12. The van der Waals surface area contributed by atoms with Crippen LogP contribution in [0.2, 0.25) is 0 Å². The number of methoxy groups -OCH3 is 2. The van der Waals surface area contributed by atoms with Crippen molar-refractivity contribution in [2.24, 2.45) is 0 Å². The smallest absolute Gasteiger partial charge is 0.314 e. The second-order valence-electron chi connectivity index (χ2n) is 7.72. The summed E-state index contributed by atoms with van der Waals surface area (Å²) in [5.41, 5.74) is 2.30. The zero-order chi connectivity index (χ0) is 24.3. The fourth-order valence-corrected chi connectivity index (χ4v) is 5.13. The van der Waals surface area contributed by atoms with Gasteiger partial charge >= 0.3 is 11.8 Å². The number of anilines is 1. The molecule has 34 heavy (non-hydrogen) atoms. The second kappa shape index (κ2) is 9.56. The number of hydrogen-bond acceptors (Lipinski definition) is 7. The van der Waals surface area contributed by atoms with Gasteiger partial charge in [-0.15, -0.1) is 0 Å². The van der Waals surface area contributed by atoms with Crippen molar-refractivity contribution in [1.82, 2.24) is 15.1 Å². The quantitative estimate of drug-likeness (QED) is 0.488. The van der Waals surface area contributed by atoms with E-state index in [0.717, 1.165) is 11.3 Å². The van der Waals surface area contributed by atoms with E-state index in [4.69, 9.17) is 9.47 Å². The summed E-state index contributed by atoms with van der Waals surface area (Å²) in [6.45, 7) is 0.253. The minimum Gasteiger partial charge on any atom is -0.497 e. The summed E-state index contributed by atoms with van der Waals surface area (Å²) in [5.74, 6) is -0.683. The van der Waals surface area contributed by atoms with Gasteiger partial charge in [-0.05, 0) is 48.4 Å². The van der Waals surface area contributed by atoms with Crippen LogP contribution in [0.25, 0.3) is 5.69 Å². The molecule has 4 rings (SSSR count). The summed E-state index contributed by atoms with van der Waals surface area (Å²) in [4.78, 5) is 25.0. The molecule has 10 nitrogen and oxygen atoms in total. The van der Waals surface area contributed by atoms with Crippen LogP contribution in [0, 0.1) is 0 Å². The molecule has 0 radical (unpaired) electrons. The van der Waals surface area contributed by atoms with Crippen LogP contribution in [-0.4, -0.2) is 50.8 Å². The number of sulfone groups is 1. The molecular formula is C23H24N4O6S. The molecule has 0 spiro atoms. The third-order valence-corrected chi connectivity index (χ3v) is 6.84. The Kier molecular flexibility index (Phi) is 6.55. The molecule has 0 aliphatic carbocycles. The zero-order valence-corrected chi connectivity index (χ0v) is 19.5. The Labute approximate surface area is 196 Å². The van der Waals surface area contributed by atoms with Gasteiger partial charge < -0.3 is 20.1 Å². The molecule has 2 amide bonds. The molecule has 3 aromatic rings. The summed E-state index contributed by atoms with van der Waals surface area (Å²) in [7, 11) is -0.231. The molecule has 0 saturated heterocycles. The first-order chi connectivity index (χ1) is 16.3. The lowest BCUT2D eigenvalue weighted by molar-refractivity contribution is -0.136. The first-order valence-electron chi connectivity index (χ1n) is 10.5. The minimum atomic E-state index is -3.36. The van der Waals surface area contributed by atoms with Gasteiger partial charge in [-0.25, -0.2) is 13.1 Å². The molecule has 11 heteroatoms. The Morgan fingerprint density at radius 2 is 1.56 bits per heavy atom. The van der Waals surface area contributed by atoms with Gasteiger partial charge in [0.05, 0.1) is 37.1 Å². The van der Waals surface area contributed by atoms with E-state index in [1.807, 2.05) is 24.3 Å². The number of nitrogens with one attached hydrogen (secondary N) is 2. The number of carbonyl (C=O) groups is 2. The Morgan fingerprint density at radius 1 is 0.941 bits per heavy atom. The van der Waals surface area contributed by atoms with Crippen molar-refractivity contribution in [3.63, 3.8) is 0 Å². The summed E-state index contributed by atoms with van der Waals surface area (Å²) < 4.78 is 35.9. The van der Waals surface area contributed by atoms with Crippen molar-refractivity contribution in [3.8, 4) is 17.2 Å². The normalized spacial score (nSPS) is 13.7. The highest BCUT2D eigenvalue weighted by molar-refractivity contribution is 7.90. The van der Waals surface area contributed by atoms with E-state index in [2.05, 4.69) is 15.7 Å². The monoisotopic (exact) mass is 484 g/mol. The van der Waals surface area contributed by atoms with Crippen LogP contribution in [0.3, 0.4) is 0 Å². The van der Waals surface area contributed by atoms with Gasteiger partial charge in [0.2, 0.25) is 0 Å². The van der Waals surface area contributed by atoms with Gasteiger partial charge in [0.15, 0.2) is 9.84 Å². The molecule has 1 aromatic heterocycles. The molecule has 0 saturated carbocycles. The van der Waals surface area contributed by atoms with E-state index >= 15 is 0 Å². The van der Waals surface area contributed by atoms with Crippen molar-refractivity contribution < 1.29 is 27.5 Å². The van der Waals surface area contributed by atoms with Crippen molar-refractivity contribution >= 4 is 27.5 Å². The van der Waals surface area contributed by atoms with Crippen LogP contribution in [0.5, 0.6) is 11.5 Å². The number of aromatic nitrogens is 2. The lowest BCUT2D eigenvalue weighted by Crippen LogP contribution is -2.37. The van der Waals surface area contributed by atoms with Crippen molar-refractivity contribution in [2.45, 2.75) is 17.9 Å². The number of ether oxygens (including phenoxy) is 2. The molecule has 2 heterocycles. The largest absolute Gasteiger partial charge is 0.497 e. The Morgan fingerprint density at radius 3 is 2.18 bits per heavy atom. The first kappa shape index (κ1) is 23.3. The van der Waals surface area contributed by atoms with Gasteiger partial charge in [-0.2, -0.15) is 5.10 Å². The van der Waals surface area contributed by atoms with Gasteiger partial charge in [0, 0.05) is 12.1 Å². The van der Waals surface area contributed by atoms with E-state index < -0.39 is 21.7 Å². The number of benzene rings is 2.